The van der Waals surface area contributed by atoms with Crippen molar-refractivity contribution in [3.63, 3.8) is 0 Å². The van der Waals surface area contributed by atoms with Crippen LogP contribution < -0.4 is 15.8 Å². The zero-order valence-corrected chi connectivity index (χ0v) is 11.6. The second-order valence-corrected chi connectivity index (χ2v) is 4.20. The van der Waals surface area contributed by atoms with Gasteiger partial charge >= 0.3 is 0 Å². The summed E-state index contributed by atoms with van der Waals surface area (Å²) in [6.07, 6.45) is 1.68. The second kappa shape index (κ2) is 8.37. The average molecular weight is 266 g/mol. The number of benzene rings is 1. The van der Waals surface area contributed by atoms with Crippen molar-refractivity contribution in [3.8, 4) is 5.75 Å². The lowest BCUT2D eigenvalue weighted by molar-refractivity contribution is 0.0948. The third-order valence-electron chi connectivity index (χ3n) is 2.55. The van der Waals surface area contributed by atoms with Crippen LogP contribution in [0.3, 0.4) is 0 Å². The van der Waals surface area contributed by atoms with Crippen LogP contribution in [0, 0.1) is 0 Å². The van der Waals surface area contributed by atoms with Gasteiger partial charge in [0.25, 0.3) is 5.91 Å². The molecule has 0 radical (unpaired) electrons. The van der Waals surface area contributed by atoms with Gasteiger partial charge in [0.05, 0.1) is 12.3 Å². The molecule has 1 aromatic carbocycles. The highest BCUT2D eigenvalue weighted by Gasteiger charge is 2.08. The standard InChI is InChI=1S/C14H22N2O3/c1-3-8-19-13-10-11(5-6-12(13)15)14(17)16-7-4-9-18-2/h5-6,10H,3-4,7-9,15H2,1-2H3,(H,16,17). The first-order valence-corrected chi connectivity index (χ1v) is 6.48. The van der Waals surface area contributed by atoms with E-state index >= 15 is 0 Å². The van der Waals surface area contributed by atoms with Crippen LogP contribution >= 0.6 is 0 Å². The lowest BCUT2D eigenvalue weighted by atomic mass is 10.1. The number of nitrogen functional groups attached to an aromatic ring is 1. The van der Waals surface area contributed by atoms with Crippen LogP contribution in [-0.4, -0.2) is 32.8 Å². The van der Waals surface area contributed by atoms with E-state index in [1.54, 1.807) is 25.3 Å². The summed E-state index contributed by atoms with van der Waals surface area (Å²) in [7, 11) is 1.64. The van der Waals surface area contributed by atoms with E-state index in [0.717, 1.165) is 12.8 Å². The molecule has 0 aliphatic carbocycles. The van der Waals surface area contributed by atoms with Gasteiger partial charge in [-0.15, -0.1) is 0 Å². The molecule has 3 N–H and O–H groups in total. The Kier molecular flexibility index (Phi) is 6.74. The van der Waals surface area contributed by atoms with Crippen molar-refractivity contribution >= 4 is 11.6 Å². The van der Waals surface area contributed by atoms with Crippen molar-refractivity contribution in [2.24, 2.45) is 0 Å². The molecule has 0 saturated carbocycles. The Morgan fingerprint density at radius 2 is 2.16 bits per heavy atom. The van der Waals surface area contributed by atoms with Crippen LogP contribution in [0.1, 0.15) is 30.1 Å². The maximum atomic E-state index is 11.9. The monoisotopic (exact) mass is 266 g/mol. The molecule has 0 aliphatic heterocycles. The highest BCUT2D eigenvalue weighted by atomic mass is 16.5. The first-order valence-electron chi connectivity index (χ1n) is 6.48. The first kappa shape index (κ1) is 15.3. The van der Waals surface area contributed by atoms with Crippen molar-refractivity contribution < 1.29 is 14.3 Å². The summed E-state index contributed by atoms with van der Waals surface area (Å²) >= 11 is 0. The fraction of sp³-hybridized carbons (Fsp3) is 0.500. The highest BCUT2D eigenvalue weighted by Crippen LogP contribution is 2.22. The smallest absolute Gasteiger partial charge is 0.251 e. The molecule has 0 atom stereocenters. The lowest BCUT2D eigenvalue weighted by Gasteiger charge is -2.10. The van der Waals surface area contributed by atoms with Crippen LogP contribution in [0.25, 0.3) is 0 Å². The van der Waals surface area contributed by atoms with Crippen molar-refractivity contribution in [2.45, 2.75) is 19.8 Å². The summed E-state index contributed by atoms with van der Waals surface area (Å²) in [6, 6.07) is 5.06. The molecule has 0 bridgehead atoms. The van der Waals surface area contributed by atoms with Gasteiger partial charge in [-0.25, -0.2) is 0 Å². The Bertz CT molecular complexity index is 408. The Morgan fingerprint density at radius 3 is 2.84 bits per heavy atom. The number of anilines is 1. The minimum Gasteiger partial charge on any atom is -0.491 e. The van der Waals surface area contributed by atoms with Crippen molar-refractivity contribution in [2.75, 3.05) is 32.6 Å². The molecule has 0 saturated heterocycles. The Morgan fingerprint density at radius 1 is 1.37 bits per heavy atom. The maximum Gasteiger partial charge on any atom is 0.251 e. The molecule has 0 aliphatic rings. The van der Waals surface area contributed by atoms with Crippen molar-refractivity contribution in [1.82, 2.24) is 5.32 Å². The minimum atomic E-state index is -0.127. The zero-order chi connectivity index (χ0) is 14.1. The number of methoxy groups -OCH3 is 1. The topological polar surface area (TPSA) is 73.6 Å². The average Bonchev–Trinajstić information content (AvgIpc) is 2.42. The Hall–Kier alpha value is -1.75. The van der Waals surface area contributed by atoms with Gasteiger partial charge in [0.1, 0.15) is 5.75 Å². The van der Waals surface area contributed by atoms with Gasteiger partial charge in [-0.1, -0.05) is 6.92 Å². The summed E-state index contributed by atoms with van der Waals surface area (Å²) < 4.78 is 10.4. The summed E-state index contributed by atoms with van der Waals surface area (Å²) in [5.74, 6) is 0.434. The van der Waals surface area contributed by atoms with Crippen LogP contribution in [0.5, 0.6) is 5.75 Å². The first-order chi connectivity index (χ1) is 9.19. The molecule has 0 heterocycles. The number of hydrogen-bond acceptors (Lipinski definition) is 4. The van der Waals surface area contributed by atoms with E-state index in [4.69, 9.17) is 15.2 Å². The molecular weight excluding hydrogens is 244 g/mol. The molecule has 5 heteroatoms. The summed E-state index contributed by atoms with van der Waals surface area (Å²) in [6.45, 7) is 3.82. The van der Waals surface area contributed by atoms with Gasteiger partial charge in [0, 0.05) is 25.8 Å². The number of nitrogens with two attached hydrogens (primary N) is 1. The molecule has 0 unspecified atom stereocenters. The van der Waals surface area contributed by atoms with E-state index in [2.05, 4.69) is 5.32 Å². The molecule has 1 rings (SSSR count). The predicted molar refractivity (Wildman–Crippen MR) is 75.5 cm³/mol. The molecule has 5 nitrogen and oxygen atoms in total. The molecule has 1 aromatic rings. The number of hydrogen-bond donors (Lipinski definition) is 2. The molecule has 0 fully saturated rings. The Balaban J connectivity index is 2.59. The largest absolute Gasteiger partial charge is 0.491 e. The number of carbonyl (C=O) groups excluding carboxylic acids is 1. The normalized spacial score (nSPS) is 10.2. The Labute approximate surface area is 114 Å². The van der Waals surface area contributed by atoms with Gasteiger partial charge < -0.3 is 20.5 Å². The van der Waals surface area contributed by atoms with Crippen LogP contribution in [0.4, 0.5) is 5.69 Å². The number of ether oxygens (including phenoxy) is 2. The molecular formula is C14H22N2O3. The summed E-state index contributed by atoms with van der Waals surface area (Å²) in [5.41, 5.74) is 6.90. The van der Waals surface area contributed by atoms with E-state index in [1.807, 2.05) is 6.92 Å². The SMILES string of the molecule is CCCOc1cc(C(=O)NCCCOC)ccc1N. The van der Waals surface area contributed by atoms with Crippen LogP contribution in [0.2, 0.25) is 0 Å². The van der Waals surface area contributed by atoms with E-state index in [1.165, 1.54) is 0 Å². The molecule has 0 aromatic heterocycles. The fourth-order valence-corrected chi connectivity index (χ4v) is 1.53. The minimum absolute atomic E-state index is 0.127. The van der Waals surface area contributed by atoms with Gasteiger partial charge in [-0.2, -0.15) is 0 Å². The molecule has 0 spiro atoms. The number of amides is 1. The van der Waals surface area contributed by atoms with Gasteiger partial charge in [-0.05, 0) is 31.0 Å². The van der Waals surface area contributed by atoms with E-state index in [0.29, 0.717) is 36.8 Å². The van der Waals surface area contributed by atoms with E-state index < -0.39 is 0 Å². The number of rotatable bonds is 8. The number of carbonyl (C=O) groups is 1. The zero-order valence-electron chi connectivity index (χ0n) is 11.6. The second-order valence-electron chi connectivity index (χ2n) is 4.20. The molecule has 19 heavy (non-hydrogen) atoms. The third kappa shape index (κ3) is 5.18. The van der Waals surface area contributed by atoms with Gasteiger partial charge in [0.15, 0.2) is 0 Å². The third-order valence-corrected chi connectivity index (χ3v) is 2.55. The lowest BCUT2D eigenvalue weighted by Crippen LogP contribution is -2.25. The molecule has 106 valence electrons. The highest BCUT2D eigenvalue weighted by molar-refractivity contribution is 5.95. The van der Waals surface area contributed by atoms with E-state index in [9.17, 15) is 4.79 Å². The van der Waals surface area contributed by atoms with E-state index in [-0.39, 0.29) is 5.91 Å². The van der Waals surface area contributed by atoms with Crippen LogP contribution in [-0.2, 0) is 4.74 Å². The quantitative estimate of drug-likeness (QED) is 0.556. The summed E-state index contributed by atoms with van der Waals surface area (Å²) in [4.78, 5) is 11.9. The molecule has 1 amide bonds. The number of nitrogens with one attached hydrogen (secondary N) is 1. The fourth-order valence-electron chi connectivity index (χ4n) is 1.53. The van der Waals surface area contributed by atoms with Crippen molar-refractivity contribution in [3.05, 3.63) is 23.8 Å². The van der Waals surface area contributed by atoms with Gasteiger partial charge in [0.2, 0.25) is 0 Å². The van der Waals surface area contributed by atoms with Crippen molar-refractivity contribution in [1.29, 1.82) is 0 Å². The van der Waals surface area contributed by atoms with Gasteiger partial charge in [-0.3, -0.25) is 4.79 Å². The predicted octanol–water partition coefficient (Wildman–Crippen LogP) is 1.82. The summed E-state index contributed by atoms with van der Waals surface area (Å²) in [5, 5.41) is 2.82. The maximum absolute atomic E-state index is 11.9. The van der Waals surface area contributed by atoms with Crippen LogP contribution in [0.15, 0.2) is 18.2 Å².